The van der Waals surface area contributed by atoms with Gasteiger partial charge in [0.25, 0.3) is 11.8 Å². The van der Waals surface area contributed by atoms with Gasteiger partial charge in [0.15, 0.2) is 11.5 Å². The minimum atomic E-state index is -0.564. The number of aromatic nitrogens is 2. The van der Waals surface area contributed by atoms with Gasteiger partial charge in [-0.15, -0.1) is 0 Å². The fraction of sp³-hybridized carbons (Fsp3) is 0.250. The zero-order valence-electron chi connectivity index (χ0n) is 13.4. The van der Waals surface area contributed by atoms with Crippen LogP contribution in [0.1, 0.15) is 34.2 Å². The van der Waals surface area contributed by atoms with Crippen LogP contribution in [-0.2, 0) is 0 Å². The zero-order chi connectivity index (χ0) is 17.4. The molecule has 0 atom stereocenters. The van der Waals surface area contributed by atoms with E-state index in [1.54, 1.807) is 12.1 Å². The Kier molecular flexibility index (Phi) is 6.07. The first-order chi connectivity index (χ1) is 11.7. The first kappa shape index (κ1) is 17.2. The van der Waals surface area contributed by atoms with E-state index in [1.807, 2.05) is 6.92 Å². The Labute approximate surface area is 139 Å². The van der Waals surface area contributed by atoms with Crippen LogP contribution in [-0.4, -0.2) is 35.5 Å². The van der Waals surface area contributed by atoms with Gasteiger partial charge >= 0.3 is 0 Å². The SMILES string of the molecule is CCCOc1ccc(C(=O)NNC(=O)c2cnccn2)cc1OC. The van der Waals surface area contributed by atoms with Crippen molar-refractivity contribution in [2.75, 3.05) is 13.7 Å². The lowest BCUT2D eigenvalue weighted by Gasteiger charge is -2.12. The van der Waals surface area contributed by atoms with Crippen molar-refractivity contribution in [3.05, 3.63) is 48.0 Å². The summed E-state index contributed by atoms with van der Waals surface area (Å²) in [6.45, 7) is 2.55. The fourth-order valence-electron chi connectivity index (χ4n) is 1.81. The smallest absolute Gasteiger partial charge is 0.289 e. The highest BCUT2D eigenvalue weighted by atomic mass is 16.5. The monoisotopic (exact) mass is 330 g/mol. The van der Waals surface area contributed by atoms with Crippen LogP contribution < -0.4 is 20.3 Å². The molecule has 8 heteroatoms. The Hall–Kier alpha value is -3.16. The number of nitrogens with zero attached hydrogens (tertiary/aromatic N) is 2. The van der Waals surface area contributed by atoms with Crippen molar-refractivity contribution in [3.63, 3.8) is 0 Å². The van der Waals surface area contributed by atoms with Crippen LogP contribution in [0.4, 0.5) is 0 Å². The van der Waals surface area contributed by atoms with Gasteiger partial charge in [0.1, 0.15) is 5.69 Å². The number of nitrogens with one attached hydrogen (secondary N) is 2. The lowest BCUT2D eigenvalue weighted by Crippen LogP contribution is -2.42. The summed E-state index contributed by atoms with van der Waals surface area (Å²) in [5.41, 5.74) is 4.99. The summed E-state index contributed by atoms with van der Waals surface area (Å²) in [4.78, 5) is 31.5. The molecule has 0 aliphatic carbocycles. The number of rotatable bonds is 6. The number of carbonyl (C=O) groups is 2. The molecule has 0 unspecified atom stereocenters. The van der Waals surface area contributed by atoms with Gasteiger partial charge in [0.2, 0.25) is 0 Å². The van der Waals surface area contributed by atoms with Crippen molar-refractivity contribution in [2.45, 2.75) is 13.3 Å². The predicted molar refractivity (Wildman–Crippen MR) is 85.7 cm³/mol. The molecule has 0 aliphatic heterocycles. The second kappa shape index (κ2) is 8.47. The molecule has 0 spiro atoms. The number of hydrogen-bond acceptors (Lipinski definition) is 6. The number of hydrogen-bond donors (Lipinski definition) is 2. The van der Waals surface area contributed by atoms with Crippen LogP contribution in [0.15, 0.2) is 36.8 Å². The molecule has 0 fully saturated rings. The molecule has 1 aromatic heterocycles. The largest absolute Gasteiger partial charge is 0.493 e. The minimum absolute atomic E-state index is 0.0960. The lowest BCUT2D eigenvalue weighted by atomic mass is 10.2. The van der Waals surface area contributed by atoms with E-state index in [9.17, 15) is 9.59 Å². The highest BCUT2D eigenvalue weighted by Crippen LogP contribution is 2.28. The molecule has 2 rings (SSSR count). The van der Waals surface area contributed by atoms with Gasteiger partial charge in [-0.05, 0) is 24.6 Å². The van der Waals surface area contributed by atoms with Gasteiger partial charge in [-0.1, -0.05) is 6.92 Å². The third-order valence-corrected chi connectivity index (χ3v) is 2.97. The molecular weight excluding hydrogens is 312 g/mol. The Morgan fingerprint density at radius 1 is 1.12 bits per heavy atom. The van der Waals surface area contributed by atoms with Crippen molar-refractivity contribution in [3.8, 4) is 11.5 Å². The Bertz CT molecular complexity index is 706. The minimum Gasteiger partial charge on any atom is -0.493 e. The summed E-state index contributed by atoms with van der Waals surface area (Å²) in [5, 5.41) is 0. The van der Waals surface area contributed by atoms with Gasteiger partial charge in [0, 0.05) is 18.0 Å². The summed E-state index contributed by atoms with van der Waals surface area (Å²) in [6, 6.07) is 4.76. The third-order valence-electron chi connectivity index (χ3n) is 2.97. The van der Waals surface area contributed by atoms with E-state index in [0.29, 0.717) is 23.7 Å². The maximum atomic E-state index is 12.1. The van der Waals surface area contributed by atoms with Crippen molar-refractivity contribution in [1.82, 2.24) is 20.8 Å². The van der Waals surface area contributed by atoms with E-state index in [1.165, 1.54) is 31.8 Å². The van der Waals surface area contributed by atoms with E-state index in [-0.39, 0.29) is 5.69 Å². The molecule has 0 bridgehead atoms. The summed E-state index contributed by atoms with van der Waals surface area (Å²) in [6.07, 6.45) is 4.99. The molecule has 2 N–H and O–H groups in total. The van der Waals surface area contributed by atoms with Crippen molar-refractivity contribution in [1.29, 1.82) is 0 Å². The molecule has 0 radical (unpaired) electrons. The maximum absolute atomic E-state index is 12.1. The molecule has 2 aromatic rings. The van der Waals surface area contributed by atoms with Gasteiger partial charge in [0.05, 0.1) is 19.9 Å². The number of carbonyl (C=O) groups excluding carboxylic acids is 2. The predicted octanol–water partition coefficient (Wildman–Crippen LogP) is 1.35. The average molecular weight is 330 g/mol. The topological polar surface area (TPSA) is 102 Å². The van der Waals surface area contributed by atoms with Crippen LogP contribution in [0.5, 0.6) is 11.5 Å². The van der Waals surface area contributed by atoms with E-state index in [4.69, 9.17) is 9.47 Å². The first-order valence-corrected chi connectivity index (χ1v) is 7.33. The van der Waals surface area contributed by atoms with Crippen molar-refractivity contribution in [2.24, 2.45) is 0 Å². The molecule has 0 aliphatic rings. The van der Waals surface area contributed by atoms with E-state index in [2.05, 4.69) is 20.8 Å². The molecule has 1 heterocycles. The molecule has 2 amide bonds. The molecular formula is C16H18N4O4. The number of ether oxygens (including phenoxy) is 2. The standard InChI is InChI=1S/C16H18N4O4/c1-3-8-24-13-5-4-11(9-14(13)23-2)15(21)19-20-16(22)12-10-17-6-7-18-12/h4-7,9-10H,3,8H2,1-2H3,(H,19,21)(H,20,22). The number of methoxy groups -OCH3 is 1. The van der Waals surface area contributed by atoms with Crippen LogP contribution in [0.25, 0.3) is 0 Å². The normalized spacial score (nSPS) is 9.92. The number of amides is 2. The van der Waals surface area contributed by atoms with Gasteiger partial charge in [-0.3, -0.25) is 25.4 Å². The summed E-state index contributed by atoms with van der Waals surface area (Å²) in [5.74, 6) is -0.0604. The second-order valence-electron chi connectivity index (χ2n) is 4.71. The number of hydrazine groups is 1. The fourth-order valence-corrected chi connectivity index (χ4v) is 1.81. The highest BCUT2D eigenvalue weighted by Gasteiger charge is 2.13. The third kappa shape index (κ3) is 4.42. The second-order valence-corrected chi connectivity index (χ2v) is 4.71. The van der Waals surface area contributed by atoms with Gasteiger partial charge in [-0.2, -0.15) is 0 Å². The van der Waals surface area contributed by atoms with Crippen LogP contribution in [0.3, 0.4) is 0 Å². The van der Waals surface area contributed by atoms with Crippen molar-refractivity contribution < 1.29 is 19.1 Å². The maximum Gasteiger partial charge on any atom is 0.289 e. The highest BCUT2D eigenvalue weighted by molar-refractivity contribution is 5.98. The molecule has 126 valence electrons. The van der Waals surface area contributed by atoms with Crippen LogP contribution in [0.2, 0.25) is 0 Å². The first-order valence-electron chi connectivity index (χ1n) is 7.33. The lowest BCUT2D eigenvalue weighted by molar-refractivity contribution is 0.0843. The molecule has 1 aromatic carbocycles. The number of benzene rings is 1. The molecule has 8 nitrogen and oxygen atoms in total. The Morgan fingerprint density at radius 3 is 2.58 bits per heavy atom. The molecule has 0 saturated heterocycles. The Balaban J connectivity index is 2.00. The summed E-state index contributed by atoms with van der Waals surface area (Å²) in [7, 11) is 1.49. The van der Waals surface area contributed by atoms with Gasteiger partial charge < -0.3 is 9.47 Å². The van der Waals surface area contributed by atoms with Crippen molar-refractivity contribution >= 4 is 11.8 Å². The van der Waals surface area contributed by atoms with E-state index < -0.39 is 11.8 Å². The van der Waals surface area contributed by atoms with Gasteiger partial charge in [-0.25, -0.2) is 4.98 Å². The van der Waals surface area contributed by atoms with Crippen LogP contribution in [0, 0.1) is 0 Å². The van der Waals surface area contributed by atoms with Crippen LogP contribution >= 0.6 is 0 Å². The quantitative estimate of drug-likeness (QED) is 0.775. The zero-order valence-corrected chi connectivity index (χ0v) is 13.4. The summed E-state index contributed by atoms with van der Waals surface area (Å²) < 4.78 is 10.7. The molecule has 0 saturated carbocycles. The Morgan fingerprint density at radius 2 is 1.92 bits per heavy atom. The average Bonchev–Trinajstić information content (AvgIpc) is 2.64. The van der Waals surface area contributed by atoms with E-state index in [0.717, 1.165) is 6.42 Å². The van der Waals surface area contributed by atoms with E-state index >= 15 is 0 Å². The summed E-state index contributed by atoms with van der Waals surface area (Å²) >= 11 is 0. The molecule has 24 heavy (non-hydrogen) atoms.